The molecule has 0 unspecified atom stereocenters. The molecular weight excluding hydrogens is 258 g/mol. The number of fused-ring (bicyclic) bond motifs is 1. The lowest BCUT2D eigenvalue weighted by Crippen LogP contribution is -2.12. The second-order valence-electron chi connectivity index (χ2n) is 4.24. The van der Waals surface area contributed by atoms with Crippen LogP contribution in [0.2, 0.25) is 0 Å². The number of benzene rings is 1. The van der Waals surface area contributed by atoms with Gasteiger partial charge >= 0.3 is 0 Å². The second kappa shape index (κ2) is 6.18. The Morgan fingerprint density at radius 3 is 2.55 bits per heavy atom. The highest BCUT2D eigenvalue weighted by atomic mass is 16.5. The average molecular weight is 275 g/mol. The minimum Gasteiger partial charge on any atom is -0.493 e. The Bertz CT molecular complexity index is 628. The van der Waals surface area contributed by atoms with E-state index in [9.17, 15) is 4.79 Å². The fourth-order valence-corrected chi connectivity index (χ4v) is 1.90. The summed E-state index contributed by atoms with van der Waals surface area (Å²) >= 11 is 0. The van der Waals surface area contributed by atoms with E-state index < -0.39 is 0 Å². The van der Waals surface area contributed by atoms with Crippen molar-refractivity contribution in [2.75, 3.05) is 19.5 Å². The van der Waals surface area contributed by atoms with Crippen molar-refractivity contribution in [1.29, 1.82) is 0 Å². The average Bonchev–Trinajstić information content (AvgIpc) is 2.46. The number of hydrogen-bond acceptors (Lipinski definition) is 5. The molecule has 0 aliphatic carbocycles. The summed E-state index contributed by atoms with van der Waals surface area (Å²) in [6.45, 7) is 1.95. The van der Waals surface area contributed by atoms with E-state index in [0.717, 1.165) is 11.8 Å². The molecular formula is C14H17N3O3. The number of carbonyl (C=O) groups excluding carboxylic acids is 1. The topological polar surface area (TPSA) is 73.3 Å². The summed E-state index contributed by atoms with van der Waals surface area (Å²) in [5.41, 5.74) is 0.685. The maximum atomic E-state index is 11.7. The highest BCUT2D eigenvalue weighted by Gasteiger charge is 2.12. The van der Waals surface area contributed by atoms with Crippen LogP contribution in [-0.2, 0) is 4.79 Å². The smallest absolute Gasteiger partial charge is 0.225 e. The third-order valence-corrected chi connectivity index (χ3v) is 2.88. The largest absolute Gasteiger partial charge is 0.493 e. The van der Waals surface area contributed by atoms with Crippen molar-refractivity contribution in [2.45, 2.75) is 19.8 Å². The maximum absolute atomic E-state index is 11.7. The zero-order valence-electron chi connectivity index (χ0n) is 11.8. The predicted molar refractivity (Wildman–Crippen MR) is 76.2 cm³/mol. The first-order valence-electron chi connectivity index (χ1n) is 6.36. The Morgan fingerprint density at radius 1 is 1.20 bits per heavy atom. The van der Waals surface area contributed by atoms with Crippen molar-refractivity contribution in [1.82, 2.24) is 9.97 Å². The van der Waals surface area contributed by atoms with Crippen LogP contribution in [0.1, 0.15) is 19.8 Å². The summed E-state index contributed by atoms with van der Waals surface area (Å²) in [4.78, 5) is 20.0. The number of hydrogen-bond donors (Lipinski definition) is 1. The van der Waals surface area contributed by atoms with Crippen LogP contribution in [0.15, 0.2) is 18.5 Å². The van der Waals surface area contributed by atoms with Gasteiger partial charge in [-0.2, -0.15) is 0 Å². The van der Waals surface area contributed by atoms with Gasteiger partial charge in [-0.25, -0.2) is 9.97 Å². The molecule has 6 nitrogen and oxygen atoms in total. The molecule has 106 valence electrons. The van der Waals surface area contributed by atoms with Crippen molar-refractivity contribution < 1.29 is 14.3 Å². The molecule has 1 amide bonds. The van der Waals surface area contributed by atoms with Crippen molar-refractivity contribution in [3.05, 3.63) is 18.5 Å². The molecule has 2 rings (SSSR count). The number of carbonyl (C=O) groups is 1. The third kappa shape index (κ3) is 2.79. The standard InChI is InChI=1S/C14H17N3O3/c1-4-5-13(18)17-14-9-6-11(19-2)12(20-3)7-10(9)15-8-16-14/h6-8H,4-5H2,1-3H3,(H,15,16,17,18). The second-order valence-corrected chi connectivity index (χ2v) is 4.24. The first-order valence-corrected chi connectivity index (χ1v) is 6.36. The number of rotatable bonds is 5. The fraction of sp³-hybridized carbons (Fsp3) is 0.357. The molecule has 1 heterocycles. The highest BCUT2D eigenvalue weighted by molar-refractivity contribution is 6.00. The molecule has 0 bridgehead atoms. The molecule has 0 fully saturated rings. The molecule has 0 radical (unpaired) electrons. The summed E-state index contributed by atoms with van der Waals surface area (Å²) in [5.74, 6) is 1.57. The summed E-state index contributed by atoms with van der Waals surface area (Å²) in [5, 5.41) is 3.51. The fourth-order valence-electron chi connectivity index (χ4n) is 1.90. The van der Waals surface area contributed by atoms with Crippen molar-refractivity contribution >= 4 is 22.6 Å². The first-order chi connectivity index (χ1) is 9.69. The van der Waals surface area contributed by atoms with Crippen LogP contribution in [0.25, 0.3) is 10.9 Å². The number of aromatic nitrogens is 2. The Hall–Kier alpha value is -2.37. The number of ether oxygens (including phenoxy) is 2. The predicted octanol–water partition coefficient (Wildman–Crippen LogP) is 2.39. The van der Waals surface area contributed by atoms with Gasteiger partial charge in [-0.3, -0.25) is 4.79 Å². The number of nitrogens with zero attached hydrogens (tertiary/aromatic N) is 2. The third-order valence-electron chi connectivity index (χ3n) is 2.88. The van der Waals surface area contributed by atoms with Gasteiger partial charge in [0, 0.05) is 17.9 Å². The summed E-state index contributed by atoms with van der Waals surface area (Å²) in [7, 11) is 3.12. The Kier molecular flexibility index (Phi) is 4.34. The van der Waals surface area contributed by atoms with E-state index in [-0.39, 0.29) is 5.91 Å². The van der Waals surface area contributed by atoms with Gasteiger partial charge < -0.3 is 14.8 Å². The van der Waals surface area contributed by atoms with E-state index in [0.29, 0.717) is 29.3 Å². The molecule has 0 spiro atoms. The molecule has 0 aliphatic rings. The van der Waals surface area contributed by atoms with Crippen molar-refractivity contribution in [3.8, 4) is 11.5 Å². The lowest BCUT2D eigenvalue weighted by molar-refractivity contribution is -0.116. The lowest BCUT2D eigenvalue weighted by atomic mass is 10.2. The zero-order valence-corrected chi connectivity index (χ0v) is 11.8. The van der Waals surface area contributed by atoms with Gasteiger partial charge in [0.25, 0.3) is 0 Å². The first kappa shape index (κ1) is 14.0. The van der Waals surface area contributed by atoms with Crippen LogP contribution in [0, 0.1) is 0 Å². The Labute approximate surface area is 117 Å². The van der Waals surface area contributed by atoms with E-state index in [2.05, 4.69) is 15.3 Å². The zero-order chi connectivity index (χ0) is 14.5. The summed E-state index contributed by atoms with van der Waals surface area (Å²) in [6.07, 6.45) is 2.65. The normalized spacial score (nSPS) is 10.3. The van der Waals surface area contributed by atoms with Gasteiger partial charge in [0.1, 0.15) is 12.1 Å². The van der Waals surface area contributed by atoms with E-state index in [1.807, 2.05) is 6.92 Å². The van der Waals surface area contributed by atoms with Crippen LogP contribution in [0.3, 0.4) is 0 Å². The minimum absolute atomic E-state index is 0.0673. The van der Waals surface area contributed by atoms with Crippen molar-refractivity contribution in [2.24, 2.45) is 0 Å². The molecule has 0 saturated carbocycles. The SMILES string of the molecule is CCCC(=O)Nc1ncnc2cc(OC)c(OC)cc12. The number of methoxy groups -OCH3 is 2. The number of anilines is 1. The van der Waals surface area contributed by atoms with Crippen molar-refractivity contribution in [3.63, 3.8) is 0 Å². The van der Waals surface area contributed by atoms with Gasteiger partial charge in [-0.05, 0) is 12.5 Å². The van der Waals surface area contributed by atoms with Gasteiger partial charge in [0.2, 0.25) is 5.91 Å². The maximum Gasteiger partial charge on any atom is 0.225 e. The van der Waals surface area contributed by atoms with Crippen LogP contribution >= 0.6 is 0 Å². The summed E-state index contributed by atoms with van der Waals surface area (Å²) < 4.78 is 10.5. The molecule has 2 aromatic rings. The summed E-state index contributed by atoms with van der Waals surface area (Å²) in [6, 6.07) is 3.51. The molecule has 0 atom stereocenters. The van der Waals surface area contributed by atoms with E-state index >= 15 is 0 Å². The van der Waals surface area contributed by atoms with Crippen LogP contribution < -0.4 is 14.8 Å². The van der Waals surface area contributed by atoms with Gasteiger partial charge in [0.05, 0.1) is 19.7 Å². The molecule has 1 aromatic heterocycles. The number of amides is 1. The highest BCUT2D eigenvalue weighted by Crippen LogP contribution is 2.33. The molecule has 1 aromatic carbocycles. The Morgan fingerprint density at radius 2 is 1.90 bits per heavy atom. The minimum atomic E-state index is -0.0673. The molecule has 0 saturated heterocycles. The lowest BCUT2D eigenvalue weighted by Gasteiger charge is -2.11. The van der Waals surface area contributed by atoms with Gasteiger partial charge in [-0.15, -0.1) is 0 Å². The molecule has 20 heavy (non-hydrogen) atoms. The van der Waals surface area contributed by atoms with Crippen LogP contribution in [0.5, 0.6) is 11.5 Å². The van der Waals surface area contributed by atoms with E-state index in [1.54, 1.807) is 26.4 Å². The monoisotopic (exact) mass is 275 g/mol. The van der Waals surface area contributed by atoms with Crippen LogP contribution in [0.4, 0.5) is 5.82 Å². The Balaban J connectivity index is 2.48. The van der Waals surface area contributed by atoms with E-state index in [1.165, 1.54) is 6.33 Å². The quantitative estimate of drug-likeness (QED) is 0.907. The van der Waals surface area contributed by atoms with Crippen LogP contribution in [-0.4, -0.2) is 30.1 Å². The van der Waals surface area contributed by atoms with E-state index in [4.69, 9.17) is 9.47 Å². The van der Waals surface area contributed by atoms with Gasteiger partial charge in [-0.1, -0.05) is 6.92 Å². The van der Waals surface area contributed by atoms with Gasteiger partial charge in [0.15, 0.2) is 11.5 Å². The molecule has 0 aliphatic heterocycles. The number of nitrogens with one attached hydrogen (secondary N) is 1. The molecule has 1 N–H and O–H groups in total. The molecule has 6 heteroatoms.